The van der Waals surface area contributed by atoms with Crippen molar-refractivity contribution < 1.29 is 14.3 Å². The average molecular weight is 169 g/mol. The van der Waals surface area contributed by atoms with E-state index < -0.39 is 5.97 Å². The van der Waals surface area contributed by atoms with Crippen LogP contribution >= 0.6 is 0 Å². The van der Waals surface area contributed by atoms with Crippen molar-refractivity contribution in [1.82, 2.24) is 0 Å². The van der Waals surface area contributed by atoms with Crippen molar-refractivity contribution in [1.29, 1.82) is 0 Å². The summed E-state index contributed by atoms with van der Waals surface area (Å²) in [7, 11) is 0. The lowest BCUT2D eigenvalue weighted by Crippen LogP contribution is -2.06. The highest BCUT2D eigenvalue weighted by atomic mass is 16.5. The van der Waals surface area contributed by atoms with E-state index in [2.05, 4.69) is 11.6 Å². The zero-order valence-corrected chi connectivity index (χ0v) is 7.00. The minimum absolute atomic E-state index is 0.261. The highest BCUT2D eigenvalue weighted by Gasteiger charge is 2.00. The molecule has 12 heavy (non-hydrogen) atoms. The molecule has 0 aromatic rings. The molecule has 0 saturated heterocycles. The summed E-state index contributed by atoms with van der Waals surface area (Å²) in [6.07, 6.45) is 1.93. The summed E-state index contributed by atoms with van der Waals surface area (Å²) >= 11 is 0. The van der Waals surface area contributed by atoms with Crippen LogP contribution in [0.2, 0.25) is 0 Å². The van der Waals surface area contributed by atoms with E-state index in [9.17, 15) is 9.59 Å². The van der Waals surface area contributed by atoms with Crippen LogP contribution in [0.15, 0.2) is 17.1 Å². The molecule has 0 aliphatic rings. The van der Waals surface area contributed by atoms with Crippen LogP contribution < -0.4 is 0 Å². The predicted octanol–water partition coefficient (Wildman–Crippen LogP) is 0.832. The summed E-state index contributed by atoms with van der Waals surface area (Å²) in [6, 6.07) is 0. The summed E-state index contributed by atoms with van der Waals surface area (Å²) in [5.74, 6) is -0.412. The lowest BCUT2D eigenvalue weighted by atomic mass is 10.4. The molecule has 66 valence electrons. The van der Waals surface area contributed by atoms with E-state index in [0.29, 0.717) is 18.5 Å². The van der Waals surface area contributed by atoms with Gasteiger partial charge < -0.3 is 4.74 Å². The fraction of sp³-hybridized carbons (Fsp3) is 0.500. The SMILES string of the molecule is C=C(C)C(=O)OCCCN=C=O. The van der Waals surface area contributed by atoms with E-state index in [1.807, 2.05) is 0 Å². The highest BCUT2D eigenvalue weighted by molar-refractivity contribution is 5.86. The molecule has 0 amide bonds. The molecule has 0 aliphatic heterocycles. The van der Waals surface area contributed by atoms with Gasteiger partial charge in [0.25, 0.3) is 0 Å². The maximum atomic E-state index is 10.7. The molecule has 0 aliphatic carbocycles. The molecular weight excluding hydrogens is 158 g/mol. The van der Waals surface area contributed by atoms with Crippen molar-refractivity contribution in [3.05, 3.63) is 12.2 Å². The molecule has 0 bridgehead atoms. The Kier molecular flexibility index (Phi) is 5.57. The molecular formula is C8H11NO3. The van der Waals surface area contributed by atoms with Crippen LogP contribution in [0.25, 0.3) is 0 Å². The van der Waals surface area contributed by atoms with Gasteiger partial charge in [-0.15, -0.1) is 0 Å². The van der Waals surface area contributed by atoms with E-state index >= 15 is 0 Å². The number of carbonyl (C=O) groups is 1. The number of hydrogen-bond donors (Lipinski definition) is 0. The van der Waals surface area contributed by atoms with Gasteiger partial charge in [-0.3, -0.25) is 0 Å². The quantitative estimate of drug-likeness (QED) is 0.201. The summed E-state index contributed by atoms with van der Waals surface area (Å²) in [5, 5.41) is 0. The maximum Gasteiger partial charge on any atom is 0.333 e. The van der Waals surface area contributed by atoms with Crippen LogP contribution in [-0.4, -0.2) is 25.2 Å². The standard InChI is InChI=1S/C8H11NO3/c1-7(2)8(11)12-5-3-4-9-6-10/h1,3-5H2,2H3. The van der Waals surface area contributed by atoms with Crippen LogP contribution in [-0.2, 0) is 14.3 Å². The Bertz CT molecular complexity index is 216. The van der Waals surface area contributed by atoms with Gasteiger partial charge >= 0.3 is 5.97 Å². The van der Waals surface area contributed by atoms with Gasteiger partial charge in [0.15, 0.2) is 0 Å². The van der Waals surface area contributed by atoms with E-state index in [1.54, 1.807) is 6.92 Å². The predicted molar refractivity (Wildman–Crippen MR) is 43.4 cm³/mol. The van der Waals surface area contributed by atoms with Crippen LogP contribution in [0.5, 0.6) is 0 Å². The molecule has 0 rings (SSSR count). The molecule has 0 aromatic heterocycles. The molecule has 0 atom stereocenters. The number of rotatable bonds is 5. The summed E-state index contributed by atoms with van der Waals surface area (Å²) in [6.45, 7) is 5.59. The molecule has 0 radical (unpaired) electrons. The van der Waals surface area contributed by atoms with Gasteiger partial charge in [-0.05, 0) is 6.92 Å². The minimum atomic E-state index is -0.412. The Morgan fingerprint density at radius 1 is 1.67 bits per heavy atom. The van der Waals surface area contributed by atoms with Crippen molar-refractivity contribution in [2.24, 2.45) is 4.99 Å². The molecule has 0 unspecified atom stereocenters. The zero-order valence-electron chi connectivity index (χ0n) is 7.00. The fourth-order valence-corrected chi connectivity index (χ4v) is 0.477. The maximum absolute atomic E-state index is 10.7. The van der Waals surface area contributed by atoms with Gasteiger partial charge in [-0.2, -0.15) is 0 Å². The Labute approximate surface area is 70.9 Å². The first-order valence-corrected chi connectivity index (χ1v) is 3.54. The van der Waals surface area contributed by atoms with Gasteiger partial charge in [0.05, 0.1) is 13.2 Å². The molecule has 0 N–H and O–H groups in total. The Hall–Kier alpha value is -1.41. The Morgan fingerprint density at radius 2 is 2.33 bits per heavy atom. The number of esters is 1. The second kappa shape index (κ2) is 6.31. The lowest BCUT2D eigenvalue weighted by Gasteiger charge is -2.00. The van der Waals surface area contributed by atoms with Gasteiger partial charge in [0.1, 0.15) is 0 Å². The van der Waals surface area contributed by atoms with Crippen LogP contribution in [0.4, 0.5) is 0 Å². The average Bonchev–Trinajstić information content (AvgIpc) is 2.03. The second-order valence-electron chi connectivity index (χ2n) is 2.24. The number of carbonyl (C=O) groups excluding carboxylic acids is 2. The zero-order chi connectivity index (χ0) is 9.40. The van der Waals surface area contributed by atoms with Crippen molar-refractivity contribution in [2.45, 2.75) is 13.3 Å². The largest absolute Gasteiger partial charge is 0.462 e. The van der Waals surface area contributed by atoms with Crippen molar-refractivity contribution in [2.75, 3.05) is 13.2 Å². The number of aliphatic imine (C=N–C) groups is 1. The summed E-state index contributed by atoms with van der Waals surface area (Å²) < 4.78 is 4.72. The monoisotopic (exact) mass is 169 g/mol. The van der Waals surface area contributed by atoms with Crippen LogP contribution in [0, 0.1) is 0 Å². The van der Waals surface area contributed by atoms with E-state index in [4.69, 9.17) is 4.74 Å². The van der Waals surface area contributed by atoms with E-state index in [1.165, 1.54) is 6.08 Å². The van der Waals surface area contributed by atoms with Gasteiger partial charge in [-0.1, -0.05) is 6.58 Å². The Balaban J connectivity index is 3.37. The molecule has 4 nitrogen and oxygen atoms in total. The van der Waals surface area contributed by atoms with Gasteiger partial charge in [0.2, 0.25) is 6.08 Å². The number of nitrogens with zero attached hydrogens (tertiary/aromatic N) is 1. The van der Waals surface area contributed by atoms with E-state index in [-0.39, 0.29) is 6.61 Å². The highest BCUT2D eigenvalue weighted by Crippen LogP contribution is 1.93. The smallest absolute Gasteiger partial charge is 0.333 e. The van der Waals surface area contributed by atoms with Gasteiger partial charge in [-0.25, -0.2) is 14.6 Å². The molecule has 0 fully saturated rings. The molecule has 4 heteroatoms. The minimum Gasteiger partial charge on any atom is -0.462 e. The van der Waals surface area contributed by atoms with Crippen LogP contribution in [0.1, 0.15) is 13.3 Å². The Morgan fingerprint density at radius 3 is 2.83 bits per heavy atom. The molecule has 0 spiro atoms. The van der Waals surface area contributed by atoms with Crippen molar-refractivity contribution in [3.63, 3.8) is 0 Å². The lowest BCUT2D eigenvalue weighted by molar-refractivity contribution is -0.138. The first-order valence-electron chi connectivity index (χ1n) is 3.54. The third kappa shape index (κ3) is 5.38. The van der Waals surface area contributed by atoms with Crippen molar-refractivity contribution >= 4 is 12.0 Å². The van der Waals surface area contributed by atoms with Crippen molar-refractivity contribution in [3.8, 4) is 0 Å². The number of hydrogen-bond acceptors (Lipinski definition) is 4. The number of isocyanates is 1. The summed E-state index contributed by atoms with van der Waals surface area (Å²) in [5.41, 5.74) is 0.369. The summed E-state index contributed by atoms with van der Waals surface area (Å²) in [4.78, 5) is 23.6. The van der Waals surface area contributed by atoms with Crippen LogP contribution in [0.3, 0.4) is 0 Å². The molecule has 0 heterocycles. The second-order valence-corrected chi connectivity index (χ2v) is 2.24. The van der Waals surface area contributed by atoms with Gasteiger partial charge in [0, 0.05) is 12.0 Å². The normalized spacial score (nSPS) is 8.42. The molecule has 0 saturated carbocycles. The third-order valence-electron chi connectivity index (χ3n) is 1.06. The first kappa shape index (κ1) is 10.6. The third-order valence-corrected chi connectivity index (χ3v) is 1.06. The fourth-order valence-electron chi connectivity index (χ4n) is 0.477. The topological polar surface area (TPSA) is 55.7 Å². The number of ether oxygens (including phenoxy) is 1. The first-order chi connectivity index (χ1) is 5.68. The molecule has 0 aromatic carbocycles. The van der Waals surface area contributed by atoms with E-state index in [0.717, 1.165) is 0 Å².